The van der Waals surface area contributed by atoms with Gasteiger partial charge >= 0.3 is 0 Å². The fraction of sp³-hybridized carbons (Fsp3) is 0.588. The monoisotopic (exact) mass is 272 g/mol. The Morgan fingerprint density at radius 3 is 2.80 bits per heavy atom. The smallest absolute Gasteiger partial charge is 0.241 e. The van der Waals surface area contributed by atoms with Crippen LogP contribution in [0.15, 0.2) is 24.3 Å². The van der Waals surface area contributed by atoms with Crippen molar-refractivity contribution in [1.29, 1.82) is 0 Å². The van der Waals surface area contributed by atoms with Gasteiger partial charge in [0.1, 0.15) is 0 Å². The number of benzene rings is 1. The van der Waals surface area contributed by atoms with E-state index in [1.54, 1.807) is 0 Å². The summed E-state index contributed by atoms with van der Waals surface area (Å²) in [6.45, 7) is 6.03. The summed E-state index contributed by atoms with van der Waals surface area (Å²) in [4.78, 5) is 17.1. The zero-order chi connectivity index (χ0) is 14.1. The van der Waals surface area contributed by atoms with Crippen LogP contribution in [-0.4, -0.2) is 36.0 Å². The van der Waals surface area contributed by atoms with E-state index >= 15 is 0 Å². The first-order valence-electron chi connectivity index (χ1n) is 7.81. The van der Waals surface area contributed by atoms with E-state index in [9.17, 15) is 4.79 Å². The molecule has 20 heavy (non-hydrogen) atoms. The standard InChI is InChI=1S/C17H24N2O/c1-13-7-5-6-10-18(13)12-17(20)19-14(2)11-15-8-3-4-9-16(15)19/h3-4,8-9,13-14H,5-7,10-12H2,1-2H3. The number of fused-ring (bicyclic) bond motifs is 1. The Morgan fingerprint density at radius 2 is 2.00 bits per heavy atom. The van der Waals surface area contributed by atoms with E-state index < -0.39 is 0 Å². The number of nitrogens with zero attached hydrogens (tertiary/aromatic N) is 2. The third-order valence-corrected chi connectivity index (χ3v) is 4.75. The van der Waals surface area contributed by atoms with Crippen LogP contribution in [0.1, 0.15) is 38.7 Å². The highest BCUT2D eigenvalue weighted by Gasteiger charge is 2.32. The van der Waals surface area contributed by atoms with Crippen LogP contribution in [0.5, 0.6) is 0 Å². The van der Waals surface area contributed by atoms with Crippen molar-refractivity contribution in [3.63, 3.8) is 0 Å². The third-order valence-electron chi connectivity index (χ3n) is 4.75. The van der Waals surface area contributed by atoms with Gasteiger partial charge in [0.05, 0.1) is 6.54 Å². The summed E-state index contributed by atoms with van der Waals surface area (Å²) in [6.07, 6.45) is 4.73. The maximum absolute atomic E-state index is 12.7. The normalized spacial score (nSPS) is 26.6. The fourth-order valence-electron chi connectivity index (χ4n) is 3.59. The topological polar surface area (TPSA) is 23.6 Å². The number of hydrogen-bond acceptors (Lipinski definition) is 2. The molecule has 0 aromatic heterocycles. The second-order valence-electron chi connectivity index (χ2n) is 6.26. The van der Waals surface area contributed by atoms with Crippen LogP contribution in [0.4, 0.5) is 5.69 Å². The average Bonchev–Trinajstić information content (AvgIpc) is 2.77. The van der Waals surface area contributed by atoms with Crippen molar-refractivity contribution >= 4 is 11.6 Å². The summed E-state index contributed by atoms with van der Waals surface area (Å²) in [5, 5.41) is 0. The minimum Gasteiger partial charge on any atom is -0.308 e. The number of carbonyl (C=O) groups excluding carboxylic acids is 1. The lowest BCUT2D eigenvalue weighted by molar-refractivity contribution is -0.120. The lowest BCUT2D eigenvalue weighted by Gasteiger charge is -2.34. The first-order valence-corrected chi connectivity index (χ1v) is 7.81. The van der Waals surface area contributed by atoms with Crippen molar-refractivity contribution in [2.45, 2.75) is 51.6 Å². The molecule has 2 heterocycles. The zero-order valence-electron chi connectivity index (χ0n) is 12.5. The van der Waals surface area contributed by atoms with Gasteiger partial charge in [-0.2, -0.15) is 0 Å². The van der Waals surface area contributed by atoms with E-state index in [-0.39, 0.29) is 5.91 Å². The van der Waals surface area contributed by atoms with Crippen molar-refractivity contribution in [2.24, 2.45) is 0 Å². The van der Waals surface area contributed by atoms with Crippen LogP contribution < -0.4 is 4.90 Å². The quantitative estimate of drug-likeness (QED) is 0.826. The lowest BCUT2D eigenvalue weighted by Crippen LogP contribution is -2.47. The van der Waals surface area contributed by atoms with Crippen molar-refractivity contribution in [3.8, 4) is 0 Å². The van der Waals surface area contributed by atoms with Gasteiger partial charge in [-0.05, 0) is 51.3 Å². The fourth-order valence-corrected chi connectivity index (χ4v) is 3.59. The Labute approximate surface area is 121 Å². The Balaban J connectivity index is 1.74. The summed E-state index contributed by atoms with van der Waals surface area (Å²) < 4.78 is 0. The molecule has 2 atom stereocenters. The molecule has 1 aromatic carbocycles. The number of para-hydroxylation sites is 1. The minimum absolute atomic E-state index is 0.260. The Morgan fingerprint density at radius 1 is 1.20 bits per heavy atom. The molecule has 0 aliphatic carbocycles. The SMILES string of the molecule is CC1CCCCN1CC(=O)N1c2ccccc2CC1C. The van der Waals surface area contributed by atoms with E-state index in [1.807, 2.05) is 11.0 Å². The van der Waals surface area contributed by atoms with E-state index in [0.29, 0.717) is 18.6 Å². The van der Waals surface area contributed by atoms with E-state index in [4.69, 9.17) is 0 Å². The summed E-state index contributed by atoms with van der Waals surface area (Å²) in [5.41, 5.74) is 2.43. The molecule has 0 radical (unpaired) electrons. The Hall–Kier alpha value is -1.35. The average molecular weight is 272 g/mol. The molecule has 2 aliphatic rings. The Bertz CT molecular complexity index is 500. The number of rotatable bonds is 2. The van der Waals surface area contributed by atoms with Crippen molar-refractivity contribution in [3.05, 3.63) is 29.8 Å². The van der Waals surface area contributed by atoms with Gasteiger partial charge < -0.3 is 4.90 Å². The first-order chi connectivity index (χ1) is 9.66. The predicted octanol–water partition coefficient (Wildman–Crippen LogP) is 2.84. The molecule has 0 saturated carbocycles. The van der Waals surface area contributed by atoms with Crippen LogP contribution in [0.2, 0.25) is 0 Å². The summed E-state index contributed by atoms with van der Waals surface area (Å²) >= 11 is 0. The number of piperidine rings is 1. The van der Waals surface area contributed by atoms with Gasteiger partial charge in [0.2, 0.25) is 5.91 Å². The number of anilines is 1. The maximum atomic E-state index is 12.7. The molecule has 0 spiro atoms. The van der Waals surface area contributed by atoms with Gasteiger partial charge in [-0.1, -0.05) is 24.6 Å². The van der Waals surface area contributed by atoms with Gasteiger partial charge in [-0.25, -0.2) is 0 Å². The predicted molar refractivity (Wildman–Crippen MR) is 82.0 cm³/mol. The van der Waals surface area contributed by atoms with Crippen LogP contribution in [0, 0.1) is 0 Å². The molecule has 0 bridgehead atoms. The van der Waals surface area contributed by atoms with Crippen LogP contribution in [0.3, 0.4) is 0 Å². The maximum Gasteiger partial charge on any atom is 0.241 e. The highest BCUT2D eigenvalue weighted by atomic mass is 16.2. The molecule has 3 heteroatoms. The van der Waals surface area contributed by atoms with Crippen molar-refractivity contribution < 1.29 is 4.79 Å². The van der Waals surface area contributed by atoms with Gasteiger partial charge in [0.15, 0.2) is 0 Å². The number of amides is 1. The first kappa shape index (κ1) is 13.6. The second kappa shape index (κ2) is 5.57. The van der Waals surface area contributed by atoms with Gasteiger partial charge in [0, 0.05) is 17.8 Å². The molecule has 3 nitrogen and oxygen atoms in total. The Kier molecular flexibility index (Phi) is 3.79. The van der Waals surface area contributed by atoms with Gasteiger partial charge in [-0.3, -0.25) is 9.69 Å². The van der Waals surface area contributed by atoms with Gasteiger partial charge in [0.25, 0.3) is 0 Å². The number of carbonyl (C=O) groups is 1. The highest BCUT2D eigenvalue weighted by Crippen LogP contribution is 2.32. The van der Waals surface area contributed by atoms with Crippen molar-refractivity contribution in [1.82, 2.24) is 4.90 Å². The van der Waals surface area contributed by atoms with Gasteiger partial charge in [-0.15, -0.1) is 0 Å². The number of hydrogen-bond donors (Lipinski definition) is 0. The van der Waals surface area contributed by atoms with E-state index in [1.165, 1.54) is 24.8 Å². The molecule has 108 valence electrons. The van der Waals surface area contributed by atoms with Crippen LogP contribution in [-0.2, 0) is 11.2 Å². The molecular formula is C17H24N2O. The zero-order valence-corrected chi connectivity index (χ0v) is 12.5. The molecule has 1 fully saturated rings. The lowest BCUT2D eigenvalue weighted by atomic mass is 10.0. The van der Waals surface area contributed by atoms with Crippen LogP contribution >= 0.6 is 0 Å². The summed E-state index contributed by atoms with van der Waals surface area (Å²) in [5.74, 6) is 0.260. The van der Waals surface area contributed by atoms with Crippen molar-refractivity contribution in [2.75, 3.05) is 18.0 Å². The molecule has 2 aliphatic heterocycles. The molecular weight excluding hydrogens is 248 g/mol. The molecule has 3 rings (SSSR count). The number of likely N-dealkylation sites (tertiary alicyclic amines) is 1. The van der Waals surface area contributed by atoms with E-state index in [2.05, 4.69) is 36.9 Å². The largest absolute Gasteiger partial charge is 0.308 e. The van der Waals surface area contributed by atoms with E-state index in [0.717, 1.165) is 18.7 Å². The molecule has 1 amide bonds. The summed E-state index contributed by atoms with van der Waals surface area (Å²) in [7, 11) is 0. The minimum atomic E-state index is 0.260. The third kappa shape index (κ3) is 2.47. The van der Waals surface area contributed by atoms with Crippen LogP contribution in [0.25, 0.3) is 0 Å². The highest BCUT2D eigenvalue weighted by molar-refractivity contribution is 5.97. The molecule has 1 saturated heterocycles. The molecule has 0 N–H and O–H groups in total. The molecule has 1 aromatic rings. The molecule has 2 unspecified atom stereocenters. The second-order valence-corrected chi connectivity index (χ2v) is 6.26. The summed E-state index contributed by atoms with van der Waals surface area (Å²) in [6, 6.07) is 9.15.